The summed E-state index contributed by atoms with van der Waals surface area (Å²) in [6, 6.07) is 12.4. The van der Waals surface area contributed by atoms with Crippen LogP contribution in [-0.2, 0) is 20.2 Å². The first-order chi connectivity index (χ1) is 14.5. The van der Waals surface area contributed by atoms with Crippen LogP contribution in [0.25, 0.3) is 5.69 Å². The molecule has 2 N–H and O–H groups in total. The largest absolute Gasteiger partial charge is 0.372 e. The predicted octanol–water partition coefficient (Wildman–Crippen LogP) is 2.01. The Bertz CT molecular complexity index is 1100. The number of nitrogens with zero attached hydrogens (tertiary/aromatic N) is 2. The number of benzene rings is 1. The van der Waals surface area contributed by atoms with Crippen LogP contribution < -0.4 is 10.6 Å². The summed E-state index contributed by atoms with van der Waals surface area (Å²) in [6.45, 7) is 1.90. The van der Waals surface area contributed by atoms with Gasteiger partial charge in [0.2, 0.25) is 5.91 Å². The van der Waals surface area contributed by atoms with Crippen molar-refractivity contribution < 1.29 is 13.2 Å². The van der Waals surface area contributed by atoms with E-state index in [4.69, 9.17) is 0 Å². The molecular formula is C22H26N4O3S. The molecule has 1 fully saturated rings. The molecule has 0 bridgehead atoms. The molecule has 1 amide bonds. The van der Waals surface area contributed by atoms with Crippen molar-refractivity contribution in [3.63, 3.8) is 0 Å². The highest BCUT2D eigenvalue weighted by Crippen LogP contribution is 2.43. The number of hydrogen-bond donors (Lipinski definition) is 2. The van der Waals surface area contributed by atoms with Gasteiger partial charge in [0.25, 0.3) is 0 Å². The maximum Gasteiger partial charge on any atom is 0.223 e. The fourth-order valence-corrected chi connectivity index (χ4v) is 6.11. The van der Waals surface area contributed by atoms with E-state index in [0.29, 0.717) is 26.1 Å². The number of nitrogens with one attached hydrogen (secondary N) is 2. The molecule has 0 radical (unpaired) electrons. The molecule has 8 heteroatoms. The van der Waals surface area contributed by atoms with Gasteiger partial charge in [0.15, 0.2) is 9.84 Å². The van der Waals surface area contributed by atoms with E-state index in [1.807, 2.05) is 17.0 Å². The molecule has 3 aliphatic heterocycles. The van der Waals surface area contributed by atoms with E-state index in [-0.39, 0.29) is 23.2 Å². The van der Waals surface area contributed by atoms with Crippen LogP contribution in [0.15, 0.2) is 54.1 Å². The van der Waals surface area contributed by atoms with Crippen molar-refractivity contribution in [1.82, 2.24) is 14.8 Å². The predicted molar refractivity (Wildman–Crippen MR) is 116 cm³/mol. The van der Waals surface area contributed by atoms with E-state index in [1.54, 1.807) is 6.08 Å². The molecular weight excluding hydrogens is 400 g/mol. The molecule has 0 aliphatic carbocycles. The smallest absolute Gasteiger partial charge is 0.223 e. The SMILES string of the molecule is O=C(CCN[C@H]1C=CS(=O)(=O)C1)N1CCC2(CC1)Nc1ccccc1-n1cccc12. The number of anilines is 1. The number of aromatic nitrogens is 1. The third-order valence-corrected chi connectivity index (χ3v) is 7.82. The van der Waals surface area contributed by atoms with Crippen LogP contribution in [-0.4, -0.2) is 55.2 Å². The normalized spacial score (nSPS) is 23.1. The zero-order valence-electron chi connectivity index (χ0n) is 16.8. The van der Waals surface area contributed by atoms with Crippen LogP contribution in [0.5, 0.6) is 0 Å². The molecule has 3 aliphatic rings. The summed E-state index contributed by atoms with van der Waals surface area (Å²) in [7, 11) is -3.07. The monoisotopic (exact) mass is 426 g/mol. The Hall–Kier alpha value is -2.58. The molecule has 0 unspecified atom stereocenters. The van der Waals surface area contributed by atoms with Gasteiger partial charge < -0.3 is 20.1 Å². The van der Waals surface area contributed by atoms with E-state index in [0.717, 1.165) is 24.2 Å². The number of likely N-dealkylation sites (tertiary alicyclic amines) is 1. The minimum atomic E-state index is -3.07. The number of carbonyl (C=O) groups excluding carboxylic acids is 1. The Balaban J connectivity index is 1.20. The molecule has 158 valence electrons. The second kappa shape index (κ2) is 7.28. The average Bonchev–Trinajstić information content (AvgIpc) is 3.36. The summed E-state index contributed by atoms with van der Waals surface area (Å²) in [5, 5.41) is 8.17. The summed E-state index contributed by atoms with van der Waals surface area (Å²) >= 11 is 0. The number of hydrogen-bond acceptors (Lipinski definition) is 5. The van der Waals surface area contributed by atoms with Crippen molar-refractivity contribution in [1.29, 1.82) is 0 Å². The van der Waals surface area contributed by atoms with E-state index in [9.17, 15) is 13.2 Å². The molecule has 2 aromatic rings. The van der Waals surface area contributed by atoms with Gasteiger partial charge in [0, 0.05) is 49.4 Å². The van der Waals surface area contributed by atoms with Crippen LogP contribution in [0.1, 0.15) is 25.0 Å². The van der Waals surface area contributed by atoms with Gasteiger partial charge >= 0.3 is 0 Å². The maximum absolute atomic E-state index is 12.7. The Labute approximate surface area is 176 Å². The number of carbonyl (C=O) groups is 1. The Morgan fingerprint density at radius 1 is 1.17 bits per heavy atom. The van der Waals surface area contributed by atoms with Crippen LogP contribution in [0.2, 0.25) is 0 Å². The van der Waals surface area contributed by atoms with E-state index < -0.39 is 9.84 Å². The van der Waals surface area contributed by atoms with Crippen LogP contribution in [0, 0.1) is 0 Å². The molecule has 30 heavy (non-hydrogen) atoms. The highest BCUT2D eigenvalue weighted by Gasteiger charge is 2.42. The minimum absolute atomic E-state index is 0.0835. The third-order valence-electron chi connectivity index (χ3n) is 6.42. The van der Waals surface area contributed by atoms with Crippen molar-refractivity contribution in [3.8, 4) is 5.69 Å². The lowest BCUT2D eigenvalue weighted by Gasteiger charge is -2.46. The Morgan fingerprint density at radius 3 is 2.73 bits per heavy atom. The third kappa shape index (κ3) is 3.44. The number of rotatable bonds is 4. The zero-order valence-corrected chi connectivity index (χ0v) is 17.6. The quantitative estimate of drug-likeness (QED) is 0.782. The van der Waals surface area contributed by atoms with Crippen molar-refractivity contribution in [2.75, 3.05) is 30.7 Å². The number of para-hydroxylation sites is 2. The lowest BCUT2D eigenvalue weighted by molar-refractivity contribution is -0.132. The summed E-state index contributed by atoms with van der Waals surface area (Å²) < 4.78 is 25.2. The van der Waals surface area contributed by atoms with Crippen LogP contribution >= 0.6 is 0 Å². The van der Waals surface area contributed by atoms with Crippen molar-refractivity contribution >= 4 is 21.4 Å². The molecule has 1 spiro atoms. The van der Waals surface area contributed by atoms with Crippen molar-refractivity contribution in [3.05, 3.63) is 59.8 Å². The minimum Gasteiger partial charge on any atom is -0.372 e. The van der Waals surface area contributed by atoms with Gasteiger partial charge in [0.05, 0.1) is 22.7 Å². The van der Waals surface area contributed by atoms with Crippen LogP contribution in [0.3, 0.4) is 0 Å². The van der Waals surface area contributed by atoms with Gasteiger partial charge in [-0.3, -0.25) is 4.79 Å². The van der Waals surface area contributed by atoms with Gasteiger partial charge in [-0.15, -0.1) is 0 Å². The van der Waals surface area contributed by atoms with Gasteiger partial charge in [-0.1, -0.05) is 18.2 Å². The lowest BCUT2D eigenvalue weighted by atomic mass is 9.82. The molecule has 1 aromatic heterocycles. The van der Waals surface area contributed by atoms with E-state index >= 15 is 0 Å². The molecule has 5 rings (SSSR count). The first-order valence-electron chi connectivity index (χ1n) is 10.4. The molecule has 0 saturated carbocycles. The van der Waals surface area contributed by atoms with Gasteiger partial charge in [-0.2, -0.15) is 0 Å². The van der Waals surface area contributed by atoms with Crippen molar-refractivity contribution in [2.45, 2.75) is 30.8 Å². The molecule has 1 aromatic carbocycles. The molecule has 4 heterocycles. The molecule has 1 saturated heterocycles. The fourth-order valence-electron chi connectivity index (χ4n) is 4.84. The standard InChI is InChI=1S/C22H26N4O3S/c27-21(7-11-23-17-8-15-30(28,29)16-17)25-13-9-22(10-14-25)20-6-3-12-26(20)19-5-2-1-4-18(19)24-22/h1-6,8,12,15,17,23-24H,7,9-11,13-14,16H2/t17-/m0/s1. The number of amides is 1. The fraction of sp³-hybridized carbons (Fsp3) is 0.409. The van der Waals surface area contributed by atoms with Gasteiger partial charge in [-0.25, -0.2) is 8.42 Å². The average molecular weight is 427 g/mol. The topological polar surface area (TPSA) is 83.4 Å². The maximum atomic E-state index is 12.7. The number of piperidine rings is 1. The Morgan fingerprint density at radius 2 is 1.97 bits per heavy atom. The lowest BCUT2D eigenvalue weighted by Crippen LogP contribution is -2.51. The van der Waals surface area contributed by atoms with Crippen molar-refractivity contribution in [2.24, 2.45) is 0 Å². The van der Waals surface area contributed by atoms with Gasteiger partial charge in [0.1, 0.15) is 0 Å². The summed E-state index contributed by atoms with van der Waals surface area (Å²) in [6.07, 6.45) is 5.86. The highest BCUT2D eigenvalue weighted by molar-refractivity contribution is 7.94. The summed E-state index contributed by atoms with van der Waals surface area (Å²) in [5.41, 5.74) is 3.39. The zero-order chi connectivity index (χ0) is 20.8. The molecule has 1 atom stereocenters. The Kier molecular flexibility index (Phi) is 4.71. The second-order valence-corrected chi connectivity index (χ2v) is 10.3. The van der Waals surface area contributed by atoms with E-state index in [1.165, 1.54) is 11.1 Å². The van der Waals surface area contributed by atoms with Gasteiger partial charge in [-0.05, 0) is 37.1 Å². The summed E-state index contributed by atoms with van der Waals surface area (Å²) in [5.74, 6) is 0.203. The van der Waals surface area contributed by atoms with Crippen LogP contribution in [0.4, 0.5) is 5.69 Å². The first kappa shape index (κ1) is 19.4. The number of fused-ring (bicyclic) bond motifs is 4. The number of sulfone groups is 1. The summed E-state index contributed by atoms with van der Waals surface area (Å²) in [4.78, 5) is 14.6. The molecule has 7 nitrogen and oxygen atoms in total. The van der Waals surface area contributed by atoms with E-state index in [2.05, 4.69) is 45.7 Å². The second-order valence-electron chi connectivity index (χ2n) is 8.34. The first-order valence-corrected chi connectivity index (χ1v) is 12.1. The highest BCUT2D eigenvalue weighted by atomic mass is 32.2.